The van der Waals surface area contributed by atoms with Gasteiger partial charge in [0.1, 0.15) is 6.54 Å². The van der Waals surface area contributed by atoms with Crippen LogP contribution in [0.4, 0.5) is 5.13 Å². The van der Waals surface area contributed by atoms with Crippen LogP contribution in [-0.4, -0.2) is 96.3 Å². The second kappa shape index (κ2) is 13.0. The molecule has 0 radical (unpaired) electrons. The Hall–Kier alpha value is -2.73. The van der Waals surface area contributed by atoms with Gasteiger partial charge in [0.25, 0.3) is 5.91 Å². The zero-order valence-electron chi connectivity index (χ0n) is 20.0. The van der Waals surface area contributed by atoms with Crippen LogP contribution >= 0.6 is 34.5 Å². The Morgan fingerprint density at radius 2 is 1.83 bits per heavy atom. The number of aromatic nitrogens is 1. The Balaban J connectivity index is 1.56. The molecule has 36 heavy (non-hydrogen) atoms. The molecule has 0 bridgehead atoms. The minimum absolute atomic E-state index is 0.000678. The monoisotopic (exact) mass is 555 g/mol. The number of nitrogens with one attached hydrogen (secondary N) is 1. The first-order valence-electron chi connectivity index (χ1n) is 11.2. The number of thiazole rings is 1. The van der Waals surface area contributed by atoms with E-state index < -0.39 is 11.8 Å². The van der Waals surface area contributed by atoms with Gasteiger partial charge < -0.3 is 24.8 Å². The van der Waals surface area contributed by atoms with Crippen molar-refractivity contribution in [2.75, 3.05) is 58.3 Å². The largest absolute Gasteiger partial charge is 0.383 e. The van der Waals surface area contributed by atoms with Gasteiger partial charge >= 0.3 is 0 Å². The summed E-state index contributed by atoms with van der Waals surface area (Å²) in [5.41, 5.74) is 0.763. The molecule has 1 fully saturated rings. The molecule has 1 aliphatic rings. The van der Waals surface area contributed by atoms with E-state index in [9.17, 15) is 19.2 Å². The zero-order chi connectivity index (χ0) is 26.2. The molecular weight excluding hydrogens is 529 g/mol. The van der Waals surface area contributed by atoms with Crippen LogP contribution in [-0.2, 0) is 25.5 Å². The molecule has 0 unspecified atom stereocenters. The fraction of sp³-hybridized carbons (Fsp3) is 0.435. The van der Waals surface area contributed by atoms with Crippen LogP contribution in [0.25, 0.3) is 0 Å². The average Bonchev–Trinajstić information content (AvgIpc) is 3.27. The number of hydrogen-bond donors (Lipinski definition) is 1. The number of ether oxygens (including phenoxy) is 1. The molecule has 0 saturated carbocycles. The summed E-state index contributed by atoms with van der Waals surface area (Å²) in [6, 6.07) is 4.53. The summed E-state index contributed by atoms with van der Waals surface area (Å²) in [6.07, 6.45) is 0.0972. The van der Waals surface area contributed by atoms with Crippen molar-refractivity contribution in [1.82, 2.24) is 19.7 Å². The quantitative estimate of drug-likeness (QED) is 0.508. The number of carbonyl (C=O) groups excluding carboxylic acids is 4. The summed E-state index contributed by atoms with van der Waals surface area (Å²) in [5, 5.41) is 5.30. The van der Waals surface area contributed by atoms with Crippen LogP contribution in [0.3, 0.4) is 0 Å². The topological polar surface area (TPSA) is 112 Å². The van der Waals surface area contributed by atoms with Crippen molar-refractivity contribution in [3.63, 3.8) is 0 Å². The lowest BCUT2D eigenvalue weighted by atomic mass is 10.2. The number of halogens is 2. The molecule has 2 heterocycles. The molecule has 0 aliphatic carbocycles. The number of benzene rings is 1. The summed E-state index contributed by atoms with van der Waals surface area (Å²) in [5.74, 6) is -0.963. The molecule has 1 aromatic carbocycles. The maximum Gasteiger partial charge on any atom is 0.255 e. The van der Waals surface area contributed by atoms with E-state index in [-0.39, 0.29) is 48.5 Å². The lowest BCUT2D eigenvalue weighted by Crippen LogP contribution is -2.50. The highest BCUT2D eigenvalue weighted by Gasteiger charge is 2.24. The second-order valence-corrected chi connectivity index (χ2v) is 9.80. The predicted molar refractivity (Wildman–Crippen MR) is 138 cm³/mol. The minimum atomic E-state index is -0.447. The molecule has 10 nitrogen and oxygen atoms in total. The van der Waals surface area contributed by atoms with Gasteiger partial charge in [-0.15, -0.1) is 11.3 Å². The summed E-state index contributed by atoms with van der Waals surface area (Å²) in [6.45, 7) is 3.67. The van der Waals surface area contributed by atoms with Crippen molar-refractivity contribution < 1.29 is 23.9 Å². The molecule has 4 amide bonds. The van der Waals surface area contributed by atoms with Crippen molar-refractivity contribution in [2.24, 2.45) is 0 Å². The number of methoxy groups -OCH3 is 1. The van der Waals surface area contributed by atoms with Crippen LogP contribution in [0.1, 0.15) is 23.0 Å². The lowest BCUT2D eigenvalue weighted by molar-refractivity contribution is -0.138. The van der Waals surface area contributed by atoms with E-state index >= 15 is 0 Å². The SMILES string of the molecule is COCCN(CC(=O)Nc1nc(CC(=O)N2CCN(C(C)=O)CC2)cs1)C(=O)c1ccc(Cl)cc1Cl. The number of carbonyl (C=O) groups is 4. The smallest absolute Gasteiger partial charge is 0.255 e. The maximum atomic E-state index is 13.0. The zero-order valence-corrected chi connectivity index (χ0v) is 22.3. The number of piperazine rings is 1. The third kappa shape index (κ3) is 7.63. The van der Waals surface area contributed by atoms with E-state index in [1.807, 2.05) is 0 Å². The van der Waals surface area contributed by atoms with Gasteiger partial charge in [0.05, 0.1) is 29.3 Å². The van der Waals surface area contributed by atoms with Crippen LogP contribution in [0.5, 0.6) is 0 Å². The fourth-order valence-electron chi connectivity index (χ4n) is 3.60. The molecule has 1 aliphatic heterocycles. The van der Waals surface area contributed by atoms with Crippen molar-refractivity contribution in [3.05, 3.63) is 44.9 Å². The molecule has 2 aromatic rings. The van der Waals surface area contributed by atoms with E-state index in [0.717, 1.165) is 0 Å². The van der Waals surface area contributed by atoms with Crippen LogP contribution in [0.15, 0.2) is 23.6 Å². The van der Waals surface area contributed by atoms with E-state index in [4.69, 9.17) is 27.9 Å². The van der Waals surface area contributed by atoms with Gasteiger partial charge in [0, 0.05) is 57.2 Å². The Morgan fingerprint density at radius 1 is 1.14 bits per heavy atom. The van der Waals surface area contributed by atoms with Gasteiger partial charge in [-0.3, -0.25) is 19.2 Å². The predicted octanol–water partition coefficient (Wildman–Crippen LogP) is 2.41. The van der Waals surface area contributed by atoms with Gasteiger partial charge in [0.15, 0.2) is 5.13 Å². The molecule has 1 aromatic heterocycles. The Bertz CT molecular complexity index is 1120. The fourth-order valence-corrected chi connectivity index (χ4v) is 4.82. The van der Waals surface area contributed by atoms with Crippen LogP contribution < -0.4 is 5.32 Å². The first-order chi connectivity index (χ1) is 17.2. The second-order valence-electron chi connectivity index (χ2n) is 8.10. The minimum Gasteiger partial charge on any atom is -0.383 e. The third-order valence-corrected chi connectivity index (χ3v) is 6.91. The third-order valence-electron chi connectivity index (χ3n) is 5.56. The Labute approximate surface area is 223 Å². The van der Waals surface area contributed by atoms with E-state index in [2.05, 4.69) is 10.3 Å². The van der Waals surface area contributed by atoms with Gasteiger partial charge in [-0.1, -0.05) is 23.2 Å². The summed E-state index contributed by atoms with van der Waals surface area (Å²) >= 11 is 13.3. The van der Waals surface area contributed by atoms with Crippen molar-refractivity contribution in [3.8, 4) is 0 Å². The van der Waals surface area contributed by atoms with Crippen LogP contribution in [0, 0.1) is 0 Å². The Morgan fingerprint density at radius 3 is 2.47 bits per heavy atom. The van der Waals surface area contributed by atoms with Gasteiger partial charge in [-0.25, -0.2) is 4.98 Å². The summed E-state index contributed by atoms with van der Waals surface area (Å²) in [7, 11) is 1.50. The van der Waals surface area contributed by atoms with E-state index in [1.54, 1.807) is 21.2 Å². The highest BCUT2D eigenvalue weighted by molar-refractivity contribution is 7.13. The van der Waals surface area contributed by atoms with E-state index in [1.165, 1.54) is 42.4 Å². The lowest BCUT2D eigenvalue weighted by Gasteiger charge is -2.34. The van der Waals surface area contributed by atoms with Crippen LogP contribution in [0.2, 0.25) is 10.0 Å². The summed E-state index contributed by atoms with van der Waals surface area (Å²) < 4.78 is 5.07. The van der Waals surface area contributed by atoms with E-state index in [0.29, 0.717) is 42.0 Å². The van der Waals surface area contributed by atoms with Gasteiger partial charge in [0.2, 0.25) is 17.7 Å². The molecule has 3 rings (SSSR count). The number of hydrogen-bond acceptors (Lipinski definition) is 7. The molecule has 0 atom stereocenters. The maximum absolute atomic E-state index is 13.0. The number of amides is 4. The van der Waals surface area contributed by atoms with Crippen molar-refractivity contribution in [1.29, 1.82) is 0 Å². The molecule has 1 N–H and O–H groups in total. The van der Waals surface area contributed by atoms with Gasteiger partial charge in [-0.05, 0) is 18.2 Å². The normalized spacial score (nSPS) is 13.4. The summed E-state index contributed by atoms with van der Waals surface area (Å²) in [4.78, 5) is 58.8. The molecule has 1 saturated heterocycles. The molecule has 194 valence electrons. The van der Waals surface area contributed by atoms with Crippen molar-refractivity contribution >= 4 is 63.3 Å². The molecular formula is C23H27Cl2N5O5S. The number of nitrogens with zero attached hydrogens (tertiary/aromatic N) is 4. The highest BCUT2D eigenvalue weighted by atomic mass is 35.5. The number of anilines is 1. The first-order valence-corrected chi connectivity index (χ1v) is 12.8. The van der Waals surface area contributed by atoms with Crippen molar-refractivity contribution in [2.45, 2.75) is 13.3 Å². The standard InChI is InChI=1S/C23H27Cl2N5O5S/c1-15(31)28-5-7-29(8-6-28)21(33)12-17-14-36-23(26-17)27-20(32)13-30(9-10-35-2)22(34)18-4-3-16(24)11-19(18)25/h3-4,11,14H,5-10,12-13H2,1-2H3,(H,26,27,32). The first kappa shape index (κ1) is 27.9. The van der Waals surface area contributed by atoms with Gasteiger partial charge in [-0.2, -0.15) is 0 Å². The number of rotatable bonds is 9. The molecule has 13 heteroatoms. The average molecular weight is 556 g/mol. The Kier molecular flexibility index (Phi) is 10.1. The highest BCUT2D eigenvalue weighted by Crippen LogP contribution is 2.23. The molecule has 0 spiro atoms.